The van der Waals surface area contributed by atoms with Gasteiger partial charge in [0.2, 0.25) is 5.89 Å². The third-order valence-electron chi connectivity index (χ3n) is 12.4. The van der Waals surface area contributed by atoms with Crippen molar-refractivity contribution in [1.29, 1.82) is 0 Å². The SMILES string of the molecule is CC1(C)c2ccccc2-c2ccc(-c3nc(-c4ccccc4-c4ccccc4)nc(-c4cccc5c4ccc4ccc6ccc7nc(-c8ccccc8)oc7c6c45)n3)cc21. The van der Waals surface area contributed by atoms with Crippen molar-refractivity contribution < 1.29 is 4.42 Å². The number of fused-ring (bicyclic) bond motifs is 10. The van der Waals surface area contributed by atoms with Crippen LogP contribution in [-0.2, 0) is 5.41 Å². The number of oxazole rings is 1. The largest absolute Gasteiger partial charge is 0.435 e. The van der Waals surface area contributed by atoms with Gasteiger partial charge in [-0.05, 0) is 79.2 Å². The van der Waals surface area contributed by atoms with E-state index in [0.717, 1.165) is 76.8 Å². The summed E-state index contributed by atoms with van der Waals surface area (Å²) in [5.74, 6) is 2.48. The highest BCUT2D eigenvalue weighted by Crippen LogP contribution is 2.49. The van der Waals surface area contributed by atoms with Crippen molar-refractivity contribution in [2.24, 2.45) is 0 Å². The minimum absolute atomic E-state index is 0.170. The average Bonchev–Trinajstić information content (AvgIpc) is 3.85. The van der Waals surface area contributed by atoms with E-state index in [4.69, 9.17) is 24.4 Å². The summed E-state index contributed by atoms with van der Waals surface area (Å²) >= 11 is 0. The molecule has 0 atom stereocenters. The van der Waals surface area contributed by atoms with E-state index in [9.17, 15) is 0 Å². The molecule has 0 unspecified atom stereocenters. The van der Waals surface area contributed by atoms with Crippen molar-refractivity contribution in [2.45, 2.75) is 19.3 Å². The highest BCUT2D eigenvalue weighted by atomic mass is 16.3. The summed E-state index contributed by atoms with van der Waals surface area (Å²) in [5.41, 5.74) is 12.5. The number of benzene rings is 9. The van der Waals surface area contributed by atoms with E-state index < -0.39 is 0 Å². The number of aromatic nitrogens is 4. The van der Waals surface area contributed by atoms with Gasteiger partial charge in [0.05, 0.1) is 0 Å². The lowest BCUT2D eigenvalue weighted by Crippen LogP contribution is -2.15. The Bertz CT molecular complexity index is 3520. The van der Waals surface area contributed by atoms with Crippen LogP contribution in [0.25, 0.3) is 111 Å². The van der Waals surface area contributed by atoms with E-state index in [-0.39, 0.29) is 5.41 Å². The molecule has 1 aliphatic rings. The van der Waals surface area contributed by atoms with Gasteiger partial charge in [-0.15, -0.1) is 0 Å². The highest BCUT2D eigenvalue weighted by molar-refractivity contribution is 6.27. The maximum atomic E-state index is 6.64. The van der Waals surface area contributed by atoms with Crippen LogP contribution in [0.1, 0.15) is 25.0 Å². The van der Waals surface area contributed by atoms with Crippen LogP contribution in [0.4, 0.5) is 0 Å². The molecule has 0 bridgehead atoms. The Morgan fingerprint density at radius 3 is 1.78 bits per heavy atom. The molecule has 1 aliphatic carbocycles. The van der Waals surface area contributed by atoms with Crippen molar-refractivity contribution >= 4 is 43.4 Å². The molecule has 9 aromatic carbocycles. The second-order valence-corrected chi connectivity index (χ2v) is 16.2. The first-order valence-electron chi connectivity index (χ1n) is 20.4. The Kier molecular flexibility index (Phi) is 7.51. The number of nitrogens with zero attached hydrogens (tertiary/aromatic N) is 4. The first-order chi connectivity index (χ1) is 29.5. The van der Waals surface area contributed by atoms with E-state index in [1.165, 1.54) is 22.3 Å². The number of hydrogen-bond donors (Lipinski definition) is 0. The van der Waals surface area contributed by atoms with Gasteiger partial charge >= 0.3 is 0 Å². The summed E-state index contributed by atoms with van der Waals surface area (Å²) in [4.78, 5) is 20.9. The lowest BCUT2D eigenvalue weighted by atomic mass is 9.82. The smallest absolute Gasteiger partial charge is 0.227 e. The molecule has 0 spiro atoms. The standard InChI is InChI=1S/C55H36N4O/c1-55(2)45-23-12-11-19-40(45)41-30-27-37(32-46(41)55)51-57-52(43-20-10-9-18-38(43)33-14-5-3-6-15-33)59-53(58-51)44-22-13-21-42-39(44)29-26-34-24-25-35-28-31-47-50(49(35)48(34)42)60-54(56-47)36-16-7-4-8-17-36/h3-32H,1-2H3. The van der Waals surface area contributed by atoms with E-state index in [1.807, 2.05) is 36.4 Å². The van der Waals surface area contributed by atoms with E-state index in [1.54, 1.807) is 0 Å². The maximum absolute atomic E-state index is 6.64. The summed E-state index contributed by atoms with van der Waals surface area (Å²) in [6.07, 6.45) is 0. The van der Waals surface area contributed by atoms with Gasteiger partial charge in [-0.3, -0.25) is 0 Å². The first-order valence-corrected chi connectivity index (χ1v) is 20.4. The summed E-state index contributed by atoms with van der Waals surface area (Å²) in [7, 11) is 0. The molecule has 5 nitrogen and oxygen atoms in total. The molecular weight excluding hydrogens is 733 g/mol. The van der Waals surface area contributed by atoms with Gasteiger partial charge in [0.1, 0.15) is 5.52 Å². The van der Waals surface area contributed by atoms with Crippen molar-refractivity contribution in [3.8, 4) is 67.9 Å². The third-order valence-corrected chi connectivity index (χ3v) is 12.4. The van der Waals surface area contributed by atoms with Gasteiger partial charge in [0.25, 0.3) is 0 Å². The fourth-order valence-electron chi connectivity index (χ4n) is 9.41. The predicted molar refractivity (Wildman–Crippen MR) is 245 cm³/mol. The minimum Gasteiger partial charge on any atom is -0.435 e. The number of hydrogen-bond acceptors (Lipinski definition) is 5. The fraction of sp³-hybridized carbons (Fsp3) is 0.0545. The molecule has 5 heteroatoms. The Morgan fingerprint density at radius 1 is 0.383 bits per heavy atom. The monoisotopic (exact) mass is 768 g/mol. The van der Waals surface area contributed by atoms with Gasteiger partial charge in [0.15, 0.2) is 23.1 Å². The van der Waals surface area contributed by atoms with E-state index in [2.05, 4.69) is 159 Å². The van der Waals surface area contributed by atoms with Gasteiger partial charge in [-0.2, -0.15) is 0 Å². The lowest BCUT2D eigenvalue weighted by Gasteiger charge is -2.22. The fourth-order valence-corrected chi connectivity index (χ4v) is 9.41. The molecule has 0 radical (unpaired) electrons. The van der Waals surface area contributed by atoms with Gasteiger partial charge in [0, 0.05) is 38.4 Å². The van der Waals surface area contributed by atoms with Crippen molar-refractivity contribution in [3.05, 3.63) is 193 Å². The van der Waals surface area contributed by atoms with Crippen LogP contribution < -0.4 is 0 Å². The third kappa shape index (κ3) is 5.26. The summed E-state index contributed by atoms with van der Waals surface area (Å²) in [6.45, 7) is 4.61. The lowest BCUT2D eigenvalue weighted by molar-refractivity contribution is 0.623. The molecule has 0 aliphatic heterocycles. The van der Waals surface area contributed by atoms with Crippen LogP contribution in [0.5, 0.6) is 0 Å². The average molecular weight is 769 g/mol. The van der Waals surface area contributed by atoms with E-state index in [0.29, 0.717) is 23.4 Å². The summed E-state index contributed by atoms with van der Waals surface area (Å²) < 4.78 is 6.64. The summed E-state index contributed by atoms with van der Waals surface area (Å²) in [5, 5.41) is 6.49. The molecule has 60 heavy (non-hydrogen) atoms. The Morgan fingerprint density at radius 2 is 0.983 bits per heavy atom. The van der Waals surface area contributed by atoms with Crippen LogP contribution in [0.15, 0.2) is 186 Å². The maximum Gasteiger partial charge on any atom is 0.227 e. The predicted octanol–water partition coefficient (Wildman–Crippen LogP) is 14.1. The Hall–Kier alpha value is -7.76. The van der Waals surface area contributed by atoms with Gasteiger partial charge in [-0.1, -0.05) is 172 Å². The van der Waals surface area contributed by atoms with Crippen molar-refractivity contribution in [2.75, 3.05) is 0 Å². The normalized spacial score (nSPS) is 13.0. The molecule has 0 N–H and O–H groups in total. The summed E-state index contributed by atoms with van der Waals surface area (Å²) in [6, 6.07) is 63.7. The second kappa shape index (κ2) is 13.1. The van der Waals surface area contributed by atoms with Crippen LogP contribution in [0, 0.1) is 0 Å². The number of rotatable bonds is 5. The molecule has 282 valence electrons. The molecule has 0 amide bonds. The molecule has 0 fully saturated rings. The molecular formula is C55H36N4O. The zero-order chi connectivity index (χ0) is 40.0. The zero-order valence-electron chi connectivity index (χ0n) is 33.0. The molecule has 0 saturated heterocycles. The molecule has 11 aromatic rings. The van der Waals surface area contributed by atoms with Crippen LogP contribution in [-0.4, -0.2) is 19.9 Å². The van der Waals surface area contributed by atoms with Crippen LogP contribution in [0.3, 0.4) is 0 Å². The molecule has 12 rings (SSSR count). The van der Waals surface area contributed by atoms with Crippen molar-refractivity contribution in [3.63, 3.8) is 0 Å². The molecule has 2 aromatic heterocycles. The van der Waals surface area contributed by atoms with Crippen molar-refractivity contribution in [1.82, 2.24) is 19.9 Å². The first kappa shape index (κ1) is 34.3. The Balaban J connectivity index is 1.10. The van der Waals surface area contributed by atoms with Gasteiger partial charge in [-0.25, -0.2) is 19.9 Å². The Labute approximate surface area is 346 Å². The van der Waals surface area contributed by atoms with Crippen LogP contribution in [0.2, 0.25) is 0 Å². The highest BCUT2D eigenvalue weighted by Gasteiger charge is 2.35. The second-order valence-electron chi connectivity index (χ2n) is 16.2. The topological polar surface area (TPSA) is 64.7 Å². The molecule has 0 saturated carbocycles. The van der Waals surface area contributed by atoms with Crippen LogP contribution >= 0.6 is 0 Å². The van der Waals surface area contributed by atoms with Gasteiger partial charge < -0.3 is 4.42 Å². The minimum atomic E-state index is -0.170. The quantitative estimate of drug-likeness (QED) is 0.163. The van der Waals surface area contributed by atoms with E-state index >= 15 is 0 Å². The zero-order valence-corrected chi connectivity index (χ0v) is 33.0. The molecule has 2 heterocycles.